The van der Waals surface area contributed by atoms with E-state index in [0.29, 0.717) is 0 Å². The predicted molar refractivity (Wildman–Crippen MR) is 182 cm³/mol. The molecule has 204 valence electrons. The number of allylic oxidation sites excluding steroid dienone is 9. The molecule has 0 amide bonds. The van der Waals surface area contributed by atoms with Crippen LogP contribution < -0.4 is 4.90 Å². The molecule has 42 heavy (non-hydrogen) atoms. The van der Waals surface area contributed by atoms with E-state index < -0.39 is 0 Å². The summed E-state index contributed by atoms with van der Waals surface area (Å²) >= 11 is 0. The lowest BCUT2D eigenvalue weighted by Crippen LogP contribution is -2.14. The van der Waals surface area contributed by atoms with Crippen molar-refractivity contribution in [3.8, 4) is 0 Å². The summed E-state index contributed by atoms with van der Waals surface area (Å²) < 4.78 is 0. The van der Waals surface area contributed by atoms with Crippen molar-refractivity contribution in [2.24, 2.45) is 0 Å². The van der Waals surface area contributed by atoms with E-state index >= 15 is 0 Å². The quantitative estimate of drug-likeness (QED) is 0.150. The smallest absolute Gasteiger partial charge is 0.0890 e. The largest absolute Gasteiger partial charge is 0.304 e. The van der Waals surface area contributed by atoms with E-state index in [-0.39, 0.29) is 0 Å². The normalized spacial score (nSPS) is 13.3. The van der Waals surface area contributed by atoms with Gasteiger partial charge in [-0.05, 0) is 78.6 Å². The third-order valence-corrected chi connectivity index (χ3v) is 6.88. The minimum Gasteiger partial charge on any atom is -0.304 e. The van der Waals surface area contributed by atoms with Crippen LogP contribution >= 0.6 is 0 Å². The van der Waals surface area contributed by atoms with Gasteiger partial charge in [-0.3, -0.25) is 0 Å². The van der Waals surface area contributed by atoms with Gasteiger partial charge in [-0.25, -0.2) is 0 Å². The van der Waals surface area contributed by atoms with Gasteiger partial charge in [0, 0.05) is 11.4 Å². The van der Waals surface area contributed by atoms with Gasteiger partial charge in [0.05, 0.1) is 5.70 Å². The zero-order chi connectivity index (χ0) is 29.0. The van der Waals surface area contributed by atoms with E-state index in [1.54, 1.807) is 0 Å². The van der Waals surface area contributed by atoms with Gasteiger partial charge in [-0.1, -0.05) is 150 Å². The fourth-order valence-corrected chi connectivity index (χ4v) is 4.51. The first-order chi connectivity index (χ1) is 20.6. The molecular formula is C41H35N. The topological polar surface area (TPSA) is 3.24 Å². The Morgan fingerprint density at radius 2 is 0.976 bits per heavy atom. The molecule has 0 unspecified atom stereocenters. The molecule has 1 heteroatoms. The summed E-state index contributed by atoms with van der Waals surface area (Å²) in [5, 5.41) is 0. The van der Waals surface area contributed by atoms with Gasteiger partial charge in [0.2, 0.25) is 0 Å². The monoisotopic (exact) mass is 541 g/mol. The molecule has 0 saturated carbocycles. The van der Waals surface area contributed by atoms with Gasteiger partial charge in [0.25, 0.3) is 0 Å². The van der Waals surface area contributed by atoms with E-state index in [2.05, 4.69) is 188 Å². The van der Waals surface area contributed by atoms with Gasteiger partial charge >= 0.3 is 0 Å². The zero-order valence-corrected chi connectivity index (χ0v) is 24.2. The Labute approximate surface area is 250 Å². The summed E-state index contributed by atoms with van der Waals surface area (Å²) in [6.45, 7) is 4.21. The number of hydrogen-bond donors (Lipinski definition) is 0. The molecule has 0 heterocycles. The Bertz CT molecular complexity index is 1710. The molecule has 5 rings (SSSR count). The molecule has 0 bridgehead atoms. The summed E-state index contributed by atoms with van der Waals surface area (Å²) in [6, 6.07) is 36.1. The van der Waals surface area contributed by atoms with Gasteiger partial charge in [-0.15, -0.1) is 0 Å². The standard InChI is InChI=1S/C41H35N/c1-33-19-23-36(24-20-33)12-7-6-11-35-15-10-18-40(30-27-35)42(39-16-4-3-5-17-39)41-31-28-38(29-32-41)14-9-8-13-37-25-21-34(2)22-26-37/h3-17,19-32H,1-2H3. The van der Waals surface area contributed by atoms with Crippen LogP contribution in [-0.2, 0) is 0 Å². The first-order valence-electron chi connectivity index (χ1n) is 14.3. The third-order valence-electron chi connectivity index (χ3n) is 6.88. The van der Waals surface area contributed by atoms with Crippen LogP contribution in [0.25, 0.3) is 18.2 Å². The second-order valence-corrected chi connectivity index (χ2v) is 10.2. The second-order valence-electron chi connectivity index (χ2n) is 10.2. The number of para-hydroxylation sites is 1. The van der Waals surface area contributed by atoms with E-state index in [9.17, 15) is 0 Å². The Morgan fingerprint density at radius 1 is 0.500 bits per heavy atom. The molecule has 0 atom stereocenters. The van der Waals surface area contributed by atoms with Crippen LogP contribution in [0.5, 0.6) is 0 Å². The van der Waals surface area contributed by atoms with Crippen LogP contribution in [0.2, 0.25) is 0 Å². The molecule has 0 aliphatic heterocycles. The highest BCUT2D eigenvalue weighted by molar-refractivity contribution is 5.72. The molecule has 1 aliphatic carbocycles. The minimum absolute atomic E-state index is 0.973. The molecule has 0 spiro atoms. The van der Waals surface area contributed by atoms with Gasteiger partial charge in [0.1, 0.15) is 0 Å². The molecule has 0 N–H and O–H groups in total. The van der Waals surface area contributed by atoms with Gasteiger partial charge in [-0.2, -0.15) is 0 Å². The van der Waals surface area contributed by atoms with Crippen LogP contribution in [0.1, 0.15) is 27.8 Å². The lowest BCUT2D eigenvalue weighted by molar-refractivity contribution is 1.21. The van der Waals surface area contributed by atoms with Crippen molar-refractivity contribution in [1.29, 1.82) is 0 Å². The lowest BCUT2D eigenvalue weighted by atomic mass is 10.1. The van der Waals surface area contributed by atoms with Crippen LogP contribution in [0.15, 0.2) is 175 Å². The van der Waals surface area contributed by atoms with Gasteiger partial charge in [0.15, 0.2) is 0 Å². The van der Waals surface area contributed by atoms with Gasteiger partial charge < -0.3 is 4.90 Å². The van der Waals surface area contributed by atoms with E-state index in [0.717, 1.165) is 28.2 Å². The van der Waals surface area contributed by atoms with E-state index in [1.807, 2.05) is 12.1 Å². The van der Waals surface area contributed by atoms with Crippen molar-refractivity contribution in [2.45, 2.75) is 13.8 Å². The van der Waals surface area contributed by atoms with Crippen LogP contribution in [0, 0.1) is 13.8 Å². The molecule has 1 nitrogen and oxygen atoms in total. The molecule has 4 aromatic rings. The van der Waals surface area contributed by atoms with E-state index in [1.165, 1.54) is 22.3 Å². The maximum Gasteiger partial charge on any atom is 0.0890 e. The first kappa shape index (κ1) is 28.2. The molecular weight excluding hydrogens is 506 g/mol. The van der Waals surface area contributed by atoms with Crippen molar-refractivity contribution in [2.75, 3.05) is 4.90 Å². The third kappa shape index (κ3) is 8.08. The van der Waals surface area contributed by atoms with Crippen LogP contribution in [0.3, 0.4) is 0 Å². The number of anilines is 2. The average Bonchev–Trinajstić information content (AvgIpc) is 3.26. The van der Waals surface area contributed by atoms with Crippen molar-refractivity contribution < 1.29 is 0 Å². The summed E-state index contributed by atoms with van der Waals surface area (Å²) in [4.78, 5) is 2.23. The van der Waals surface area contributed by atoms with Crippen molar-refractivity contribution in [1.82, 2.24) is 0 Å². The molecule has 0 aromatic heterocycles. The maximum atomic E-state index is 3.49. The highest BCUT2D eigenvalue weighted by Crippen LogP contribution is 2.31. The molecule has 0 fully saturated rings. The second kappa shape index (κ2) is 14.3. The van der Waals surface area contributed by atoms with Crippen molar-refractivity contribution in [3.63, 3.8) is 0 Å². The lowest BCUT2D eigenvalue weighted by Gasteiger charge is -2.25. The maximum absolute atomic E-state index is 3.49. The first-order valence-corrected chi connectivity index (χ1v) is 14.3. The Morgan fingerprint density at radius 3 is 1.52 bits per heavy atom. The Balaban J connectivity index is 1.29. The summed E-state index contributed by atoms with van der Waals surface area (Å²) in [5.74, 6) is 0. The molecule has 0 saturated heterocycles. The number of nitrogens with zero attached hydrogens (tertiary/aromatic N) is 1. The molecule has 0 radical (unpaired) electrons. The number of rotatable bonds is 9. The number of benzene rings is 4. The number of hydrogen-bond acceptors (Lipinski definition) is 1. The SMILES string of the molecule is Cc1ccc(C=CC=CC2=CC=C=C(N(c3ccccc3)c3ccc(C=CC=Cc4ccc(C)cc4)cc3)C=C2)cc1. The fraction of sp³-hybridized carbons (Fsp3) is 0.0488. The average molecular weight is 542 g/mol. The number of aryl methyl sites for hydroxylation is 2. The van der Waals surface area contributed by atoms with Crippen LogP contribution in [-0.4, -0.2) is 0 Å². The Hall–Kier alpha value is -5.36. The molecule has 1 aliphatic rings. The van der Waals surface area contributed by atoms with E-state index in [4.69, 9.17) is 0 Å². The van der Waals surface area contributed by atoms with Crippen molar-refractivity contribution in [3.05, 3.63) is 203 Å². The summed E-state index contributed by atoms with van der Waals surface area (Å²) in [5.41, 5.74) is 13.8. The minimum atomic E-state index is 0.973. The fourth-order valence-electron chi connectivity index (χ4n) is 4.51. The summed E-state index contributed by atoms with van der Waals surface area (Å²) in [6.07, 6.45) is 25.1. The predicted octanol–water partition coefficient (Wildman–Crippen LogP) is 11.0. The molecule has 4 aromatic carbocycles. The Kier molecular flexibility index (Phi) is 9.61. The zero-order valence-electron chi connectivity index (χ0n) is 24.2. The highest BCUT2D eigenvalue weighted by Gasteiger charge is 2.13. The summed E-state index contributed by atoms with van der Waals surface area (Å²) in [7, 11) is 0. The van der Waals surface area contributed by atoms with Crippen LogP contribution in [0.4, 0.5) is 11.4 Å². The highest BCUT2D eigenvalue weighted by atomic mass is 15.1. The van der Waals surface area contributed by atoms with Crippen molar-refractivity contribution >= 4 is 29.6 Å².